The number of nitrogens with one attached hydrogen (secondary N) is 2. The van der Waals surface area contributed by atoms with Crippen molar-refractivity contribution in [2.75, 3.05) is 11.9 Å². The molecule has 8 nitrogen and oxygen atoms in total. The molecular formula is C10H8BrN5O3. The van der Waals surface area contributed by atoms with Gasteiger partial charge in [-0.2, -0.15) is 5.26 Å². The number of carbonyl (C=O) groups excluding carboxylic acids is 1. The number of nitriles is 1. The lowest BCUT2D eigenvalue weighted by Crippen LogP contribution is -2.30. The predicted molar refractivity (Wildman–Crippen MR) is 67.7 cm³/mol. The van der Waals surface area contributed by atoms with Crippen molar-refractivity contribution in [3.63, 3.8) is 0 Å². The number of anilines is 1. The van der Waals surface area contributed by atoms with E-state index >= 15 is 0 Å². The van der Waals surface area contributed by atoms with Crippen LogP contribution in [0.2, 0.25) is 0 Å². The van der Waals surface area contributed by atoms with Crippen molar-refractivity contribution in [3.8, 4) is 6.07 Å². The minimum Gasteiger partial charge on any atom is -0.480 e. The van der Waals surface area contributed by atoms with E-state index in [0.29, 0.717) is 4.47 Å². The Hall–Kier alpha value is -2.47. The van der Waals surface area contributed by atoms with Crippen LogP contribution in [0.3, 0.4) is 0 Å². The summed E-state index contributed by atoms with van der Waals surface area (Å²) in [5.74, 6) is -1.80. The fourth-order valence-corrected chi connectivity index (χ4v) is 1.13. The topological polar surface area (TPSA) is 128 Å². The highest BCUT2D eigenvalue weighted by atomic mass is 79.9. The molecule has 1 aromatic heterocycles. The van der Waals surface area contributed by atoms with E-state index in [-0.39, 0.29) is 11.5 Å². The summed E-state index contributed by atoms with van der Waals surface area (Å²) in [5, 5.41) is 21.8. The van der Waals surface area contributed by atoms with Crippen LogP contribution in [-0.2, 0) is 9.59 Å². The van der Waals surface area contributed by atoms with Crippen molar-refractivity contribution < 1.29 is 14.7 Å². The van der Waals surface area contributed by atoms with Crippen LogP contribution in [0, 0.1) is 11.3 Å². The molecule has 0 spiro atoms. The fourth-order valence-electron chi connectivity index (χ4n) is 0.923. The maximum absolute atomic E-state index is 11.4. The lowest BCUT2D eigenvalue weighted by molar-refractivity contribution is -0.137. The Morgan fingerprint density at radius 3 is 2.63 bits per heavy atom. The zero-order valence-electron chi connectivity index (χ0n) is 9.42. The molecule has 0 aliphatic rings. The standard InChI is InChI=1S/C10H8BrN5O3/c11-7-3-15-10(16-4-7)14-2-6(1-12)9(19)13-5-8(17)18/h2-4H,5H2,(H,13,19)(H,17,18)(H,14,15,16)/b6-2-. The van der Waals surface area contributed by atoms with Crippen molar-refractivity contribution in [1.29, 1.82) is 5.26 Å². The summed E-state index contributed by atoms with van der Waals surface area (Å²) >= 11 is 3.16. The molecule has 0 aromatic carbocycles. The summed E-state index contributed by atoms with van der Waals surface area (Å²) in [4.78, 5) is 29.4. The third-order valence-electron chi connectivity index (χ3n) is 1.73. The van der Waals surface area contributed by atoms with Crippen LogP contribution in [0.25, 0.3) is 0 Å². The number of carboxylic acids is 1. The smallest absolute Gasteiger partial charge is 0.322 e. The van der Waals surface area contributed by atoms with Crippen LogP contribution < -0.4 is 10.6 Å². The van der Waals surface area contributed by atoms with Gasteiger partial charge in [-0.05, 0) is 15.9 Å². The molecule has 0 radical (unpaired) electrons. The average Bonchev–Trinajstić information content (AvgIpc) is 2.39. The highest BCUT2D eigenvalue weighted by molar-refractivity contribution is 9.10. The first-order valence-electron chi connectivity index (χ1n) is 4.87. The molecule has 98 valence electrons. The lowest BCUT2D eigenvalue weighted by Gasteiger charge is -2.01. The molecule has 3 N–H and O–H groups in total. The predicted octanol–water partition coefficient (Wildman–Crippen LogP) is 0.259. The minimum atomic E-state index is -1.20. The number of carboxylic acid groups (broad SMARTS) is 1. The van der Waals surface area contributed by atoms with Gasteiger partial charge >= 0.3 is 5.97 Å². The molecule has 1 amide bonds. The van der Waals surface area contributed by atoms with Crippen molar-refractivity contribution in [1.82, 2.24) is 15.3 Å². The molecule has 0 aliphatic carbocycles. The number of nitrogens with zero attached hydrogens (tertiary/aromatic N) is 3. The van der Waals surface area contributed by atoms with Crippen LogP contribution in [0.5, 0.6) is 0 Å². The van der Waals surface area contributed by atoms with Crippen molar-refractivity contribution in [3.05, 3.63) is 28.6 Å². The quantitative estimate of drug-likeness (QED) is 0.523. The zero-order chi connectivity index (χ0) is 14.3. The molecule has 1 rings (SSSR count). The Kier molecular flexibility index (Phi) is 5.43. The summed E-state index contributed by atoms with van der Waals surface area (Å²) in [6.45, 7) is -0.563. The Morgan fingerprint density at radius 2 is 2.11 bits per heavy atom. The average molecular weight is 326 g/mol. The van der Waals surface area contributed by atoms with Crippen LogP contribution in [0.4, 0.5) is 5.95 Å². The third kappa shape index (κ3) is 5.13. The SMILES string of the molecule is N#C/C(=C/Nc1ncc(Br)cn1)C(=O)NCC(=O)O. The number of rotatable bonds is 5. The van der Waals surface area contributed by atoms with E-state index in [2.05, 4.69) is 36.5 Å². The van der Waals surface area contributed by atoms with Gasteiger partial charge in [0.25, 0.3) is 5.91 Å². The highest BCUT2D eigenvalue weighted by Gasteiger charge is 2.09. The van der Waals surface area contributed by atoms with E-state index < -0.39 is 18.4 Å². The van der Waals surface area contributed by atoms with E-state index in [1.165, 1.54) is 12.4 Å². The second-order valence-electron chi connectivity index (χ2n) is 3.12. The van der Waals surface area contributed by atoms with Gasteiger partial charge < -0.3 is 15.7 Å². The lowest BCUT2D eigenvalue weighted by atomic mass is 10.3. The number of aliphatic carboxylic acids is 1. The van der Waals surface area contributed by atoms with Gasteiger partial charge in [-0.25, -0.2) is 9.97 Å². The molecule has 9 heteroatoms. The van der Waals surface area contributed by atoms with Crippen LogP contribution >= 0.6 is 15.9 Å². The molecule has 0 saturated carbocycles. The van der Waals surface area contributed by atoms with E-state index in [1.54, 1.807) is 6.07 Å². The van der Waals surface area contributed by atoms with Crippen LogP contribution in [-0.4, -0.2) is 33.5 Å². The van der Waals surface area contributed by atoms with E-state index in [9.17, 15) is 9.59 Å². The largest absolute Gasteiger partial charge is 0.480 e. The number of hydrogen-bond acceptors (Lipinski definition) is 6. The molecule has 0 saturated heterocycles. The molecule has 19 heavy (non-hydrogen) atoms. The Balaban J connectivity index is 2.66. The number of halogens is 1. The molecular weight excluding hydrogens is 318 g/mol. The molecule has 0 unspecified atom stereocenters. The fraction of sp³-hybridized carbons (Fsp3) is 0.100. The Labute approximate surface area is 116 Å². The second-order valence-corrected chi connectivity index (χ2v) is 4.03. The van der Waals surface area contributed by atoms with Gasteiger partial charge in [0, 0.05) is 18.6 Å². The monoisotopic (exact) mass is 325 g/mol. The molecule has 0 aliphatic heterocycles. The van der Waals surface area contributed by atoms with Gasteiger partial charge in [-0.15, -0.1) is 0 Å². The number of hydrogen-bond donors (Lipinski definition) is 3. The third-order valence-corrected chi connectivity index (χ3v) is 2.14. The second kappa shape index (κ2) is 7.07. The van der Waals surface area contributed by atoms with Gasteiger partial charge in [-0.1, -0.05) is 0 Å². The first kappa shape index (κ1) is 14.6. The molecule has 0 fully saturated rings. The normalized spacial score (nSPS) is 10.4. The Morgan fingerprint density at radius 1 is 1.47 bits per heavy atom. The van der Waals surface area contributed by atoms with Gasteiger partial charge in [0.15, 0.2) is 0 Å². The van der Waals surface area contributed by atoms with Gasteiger partial charge in [0.05, 0.1) is 4.47 Å². The summed E-state index contributed by atoms with van der Waals surface area (Å²) in [5.41, 5.74) is -0.284. The molecule has 0 bridgehead atoms. The summed E-state index contributed by atoms with van der Waals surface area (Å²) in [6.07, 6.45) is 4.07. The Bertz CT molecular complexity index is 549. The minimum absolute atomic E-state index is 0.196. The zero-order valence-corrected chi connectivity index (χ0v) is 11.0. The summed E-state index contributed by atoms with van der Waals surface area (Å²) in [6, 6.07) is 1.64. The van der Waals surface area contributed by atoms with Crippen molar-refractivity contribution in [2.24, 2.45) is 0 Å². The molecule has 0 atom stereocenters. The summed E-state index contributed by atoms with van der Waals surface area (Å²) in [7, 11) is 0. The van der Waals surface area contributed by atoms with E-state index in [4.69, 9.17) is 10.4 Å². The number of aromatic nitrogens is 2. The molecule has 1 heterocycles. The van der Waals surface area contributed by atoms with Crippen LogP contribution in [0.15, 0.2) is 28.6 Å². The van der Waals surface area contributed by atoms with Gasteiger partial charge in [0.2, 0.25) is 5.95 Å². The first-order valence-corrected chi connectivity index (χ1v) is 5.66. The molecule has 1 aromatic rings. The maximum atomic E-state index is 11.4. The van der Waals surface area contributed by atoms with E-state index in [0.717, 1.165) is 6.20 Å². The van der Waals surface area contributed by atoms with Gasteiger partial charge in [0.1, 0.15) is 18.2 Å². The van der Waals surface area contributed by atoms with E-state index in [1.807, 2.05) is 0 Å². The number of carbonyl (C=O) groups is 2. The van der Waals surface area contributed by atoms with Gasteiger partial charge in [-0.3, -0.25) is 9.59 Å². The van der Waals surface area contributed by atoms with Crippen molar-refractivity contribution in [2.45, 2.75) is 0 Å². The highest BCUT2D eigenvalue weighted by Crippen LogP contribution is 2.07. The summed E-state index contributed by atoms with van der Waals surface area (Å²) < 4.78 is 0.682. The maximum Gasteiger partial charge on any atom is 0.322 e. The first-order chi connectivity index (χ1) is 9.02. The van der Waals surface area contributed by atoms with Crippen molar-refractivity contribution >= 4 is 33.8 Å². The van der Waals surface area contributed by atoms with Crippen LogP contribution in [0.1, 0.15) is 0 Å². The number of amides is 1.